The summed E-state index contributed by atoms with van der Waals surface area (Å²) in [5, 5.41) is 8.41. The standard InChI is InChI=1S/C12H24O2/c1-2-3-4-5-6-7-8-9-10-11-12(13)14/h2-11H2,1H3,(H,13,14)/i1+1,12+1. The molecule has 0 aromatic carbocycles. The molecule has 0 aliphatic heterocycles. The van der Waals surface area contributed by atoms with Gasteiger partial charge in [-0.3, -0.25) is 4.79 Å². The van der Waals surface area contributed by atoms with Crippen LogP contribution in [0.2, 0.25) is 0 Å². The lowest BCUT2D eigenvalue weighted by Gasteiger charge is -2.00. The number of carboxylic acids is 1. The Balaban J connectivity index is 2.88. The first-order valence-corrected chi connectivity index (χ1v) is 5.99. The molecule has 0 aliphatic carbocycles. The molecule has 1 N–H and O–H groups in total. The van der Waals surface area contributed by atoms with Gasteiger partial charge in [0.1, 0.15) is 0 Å². The Hall–Kier alpha value is -0.530. The normalized spacial score (nSPS) is 10.4. The van der Waals surface area contributed by atoms with Gasteiger partial charge >= 0.3 is 5.97 Å². The van der Waals surface area contributed by atoms with E-state index in [1.165, 1.54) is 44.9 Å². The first-order chi connectivity index (χ1) is 6.77. The van der Waals surface area contributed by atoms with Crippen LogP contribution in [0.3, 0.4) is 0 Å². The Morgan fingerprint density at radius 3 is 1.71 bits per heavy atom. The summed E-state index contributed by atoms with van der Waals surface area (Å²) >= 11 is 0. The van der Waals surface area contributed by atoms with Crippen molar-refractivity contribution in [2.24, 2.45) is 0 Å². The summed E-state index contributed by atoms with van der Waals surface area (Å²) in [6.45, 7) is 2.23. The number of rotatable bonds is 10. The second-order valence-corrected chi connectivity index (χ2v) is 3.97. The quantitative estimate of drug-likeness (QED) is 0.429. The second kappa shape index (κ2) is 10.6. The van der Waals surface area contributed by atoms with Gasteiger partial charge in [0, 0.05) is 6.42 Å². The summed E-state index contributed by atoms with van der Waals surface area (Å²) in [4.78, 5) is 10.2. The number of aliphatic carboxylic acids is 1. The van der Waals surface area contributed by atoms with Crippen LogP contribution < -0.4 is 0 Å². The van der Waals surface area contributed by atoms with E-state index < -0.39 is 5.97 Å². The third-order valence-electron chi connectivity index (χ3n) is 2.49. The first-order valence-electron chi connectivity index (χ1n) is 5.99. The van der Waals surface area contributed by atoms with Crippen molar-refractivity contribution in [3.63, 3.8) is 0 Å². The fourth-order valence-corrected chi connectivity index (χ4v) is 1.59. The largest absolute Gasteiger partial charge is 0.481 e. The Bertz CT molecular complexity index is 132. The highest BCUT2D eigenvalue weighted by Crippen LogP contribution is 2.10. The van der Waals surface area contributed by atoms with Crippen LogP contribution in [0.15, 0.2) is 0 Å². The topological polar surface area (TPSA) is 37.3 Å². The first kappa shape index (κ1) is 13.5. The van der Waals surface area contributed by atoms with E-state index in [1.807, 2.05) is 0 Å². The molecule has 0 spiro atoms. The maximum absolute atomic E-state index is 10.2. The molecule has 0 aromatic rings. The van der Waals surface area contributed by atoms with Gasteiger partial charge in [0.15, 0.2) is 0 Å². The maximum Gasteiger partial charge on any atom is 0.303 e. The van der Waals surface area contributed by atoms with Gasteiger partial charge in [0.05, 0.1) is 0 Å². The molecule has 0 aromatic heterocycles. The fourth-order valence-electron chi connectivity index (χ4n) is 1.59. The summed E-state index contributed by atoms with van der Waals surface area (Å²) in [6, 6.07) is 0. The van der Waals surface area contributed by atoms with Crippen LogP contribution in [0.25, 0.3) is 0 Å². The Morgan fingerprint density at radius 1 is 0.857 bits per heavy atom. The Morgan fingerprint density at radius 2 is 1.29 bits per heavy atom. The highest BCUT2D eigenvalue weighted by Gasteiger charge is 1.96. The lowest BCUT2D eigenvalue weighted by Crippen LogP contribution is -1.93. The summed E-state index contributed by atoms with van der Waals surface area (Å²) in [7, 11) is 0. The summed E-state index contributed by atoms with van der Waals surface area (Å²) in [5.74, 6) is -0.659. The van der Waals surface area contributed by atoms with Crippen molar-refractivity contribution in [1.82, 2.24) is 0 Å². The lowest BCUT2D eigenvalue weighted by atomic mass is 10.1. The zero-order valence-electron chi connectivity index (χ0n) is 9.43. The smallest absolute Gasteiger partial charge is 0.303 e. The molecule has 0 fully saturated rings. The minimum atomic E-state index is -0.659. The minimum absolute atomic E-state index is 0.343. The molecule has 0 radical (unpaired) electrons. The molecule has 2 nitrogen and oxygen atoms in total. The van der Waals surface area contributed by atoms with E-state index in [0.29, 0.717) is 6.42 Å². The summed E-state index contributed by atoms with van der Waals surface area (Å²) < 4.78 is 0. The highest BCUT2D eigenvalue weighted by atomic mass is 16.5. The van der Waals surface area contributed by atoms with Gasteiger partial charge in [0.2, 0.25) is 0 Å². The van der Waals surface area contributed by atoms with Crippen LogP contribution in [0.4, 0.5) is 0 Å². The summed E-state index contributed by atoms with van der Waals surface area (Å²) in [5.41, 5.74) is 0. The third-order valence-corrected chi connectivity index (χ3v) is 2.49. The van der Waals surface area contributed by atoms with Crippen molar-refractivity contribution >= 4 is 5.97 Å². The molecule has 2 heteroatoms. The number of carbonyl (C=O) groups is 1. The van der Waals surface area contributed by atoms with Crippen LogP contribution in [-0.4, -0.2) is 11.1 Å². The maximum atomic E-state index is 10.2. The molecule has 0 atom stereocenters. The molecule has 84 valence electrons. The van der Waals surface area contributed by atoms with Crippen LogP contribution >= 0.6 is 0 Å². The van der Waals surface area contributed by atoms with Gasteiger partial charge in [-0.05, 0) is 6.42 Å². The highest BCUT2D eigenvalue weighted by molar-refractivity contribution is 5.66. The number of unbranched alkanes of at least 4 members (excludes halogenated alkanes) is 8. The number of hydrogen-bond acceptors (Lipinski definition) is 1. The van der Waals surface area contributed by atoms with Crippen molar-refractivity contribution in [1.29, 1.82) is 0 Å². The Kier molecular flexibility index (Phi) is 10.2. The number of hydrogen-bond donors (Lipinski definition) is 1. The lowest BCUT2D eigenvalue weighted by molar-refractivity contribution is -0.137. The molecule has 0 saturated heterocycles. The van der Waals surface area contributed by atoms with Crippen molar-refractivity contribution in [3.05, 3.63) is 0 Å². The van der Waals surface area contributed by atoms with E-state index in [2.05, 4.69) is 6.92 Å². The average Bonchev–Trinajstić information content (AvgIpc) is 2.15. The van der Waals surface area contributed by atoms with Crippen molar-refractivity contribution in [2.75, 3.05) is 0 Å². The van der Waals surface area contributed by atoms with Crippen LogP contribution in [0, 0.1) is 0 Å². The molecule has 0 rings (SSSR count). The second-order valence-electron chi connectivity index (χ2n) is 3.97. The van der Waals surface area contributed by atoms with Crippen LogP contribution in [0.5, 0.6) is 0 Å². The van der Waals surface area contributed by atoms with Gasteiger partial charge in [0.25, 0.3) is 0 Å². The van der Waals surface area contributed by atoms with Gasteiger partial charge in [-0.25, -0.2) is 0 Å². The predicted octanol–water partition coefficient (Wildman–Crippen LogP) is 3.99. The van der Waals surface area contributed by atoms with E-state index in [-0.39, 0.29) is 0 Å². The SMILES string of the molecule is [13CH3]CCCCCCCCCC[13C](=O)O. The molecule has 0 aliphatic rings. The van der Waals surface area contributed by atoms with Crippen LogP contribution in [0.1, 0.15) is 71.1 Å². The van der Waals surface area contributed by atoms with Crippen molar-refractivity contribution < 1.29 is 9.90 Å². The average molecular weight is 202 g/mol. The van der Waals surface area contributed by atoms with E-state index in [1.54, 1.807) is 0 Å². The minimum Gasteiger partial charge on any atom is -0.481 e. The third kappa shape index (κ3) is 11.5. The molecule has 14 heavy (non-hydrogen) atoms. The van der Waals surface area contributed by atoms with E-state index in [4.69, 9.17) is 5.11 Å². The molecule has 0 unspecified atom stereocenters. The zero-order chi connectivity index (χ0) is 10.6. The van der Waals surface area contributed by atoms with Gasteiger partial charge in [-0.15, -0.1) is 0 Å². The predicted molar refractivity (Wildman–Crippen MR) is 59.5 cm³/mol. The van der Waals surface area contributed by atoms with E-state index in [9.17, 15) is 4.79 Å². The zero-order valence-corrected chi connectivity index (χ0v) is 9.43. The van der Waals surface area contributed by atoms with Gasteiger partial charge < -0.3 is 5.11 Å². The van der Waals surface area contributed by atoms with Gasteiger partial charge in [-0.1, -0.05) is 58.3 Å². The van der Waals surface area contributed by atoms with Crippen LogP contribution in [-0.2, 0) is 4.79 Å². The molecule has 0 bridgehead atoms. The van der Waals surface area contributed by atoms with E-state index >= 15 is 0 Å². The van der Waals surface area contributed by atoms with E-state index in [0.717, 1.165) is 12.8 Å². The monoisotopic (exact) mass is 202 g/mol. The fraction of sp³-hybridized carbons (Fsp3) is 0.917. The van der Waals surface area contributed by atoms with Crippen molar-refractivity contribution in [2.45, 2.75) is 71.1 Å². The molecule has 0 amide bonds. The van der Waals surface area contributed by atoms with Gasteiger partial charge in [-0.2, -0.15) is 0 Å². The summed E-state index contributed by atoms with van der Waals surface area (Å²) in [6.07, 6.45) is 11.5. The van der Waals surface area contributed by atoms with Crippen molar-refractivity contribution in [3.8, 4) is 0 Å². The molecular formula is C12H24O2. The molecule has 0 heterocycles. The Labute approximate surface area is 87.7 Å². The molecule has 0 saturated carbocycles. The number of carboxylic acid groups (broad SMARTS) is 1. The molecular weight excluding hydrogens is 178 g/mol.